The van der Waals surface area contributed by atoms with Crippen LogP contribution in [0.4, 0.5) is 0 Å². The van der Waals surface area contributed by atoms with Crippen LogP contribution < -0.4 is 5.73 Å². The Hall–Kier alpha value is -1.15. The largest absolute Gasteiger partial charge is 0.330 e. The molecule has 0 aliphatic carbocycles. The molecule has 0 aliphatic heterocycles. The number of carbonyl (C=O) groups is 1. The van der Waals surface area contributed by atoms with Gasteiger partial charge in [-0.1, -0.05) is 58.9 Å². The van der Waals surface area contributed by atoms with Gasteiger partial charge in [-0.15, -0.1) is 0 Å². The third-order valence-corrected chi connectivity index (χ3v) is 3.43. The molecule has 1 aromatic rings. The van der Waals surface area contributed by atoms with Crippen molar-refractivity contribution in [3.05, 3.63) is 35.4 Å². The molecule has 1 aromatic carbocycles. The maximum Gasteiger partial charge on any atom is 0.167 e. The van der Waals surface area contributed by atoms with Crippen molar-refractivity contribution < 1.29 is 4.79 Å². The summed E-state index contributed by atoms with van der Waals surface area (Å²) in [5.74, 6) is 0.364. The van der Waals surface area contributed by atoms with Crippen molar-refractivity contribution in [3.8, 4) is 0 Å². The third-order valence-electron chi connectivity index (χ3n) is 3.43. The second-order valence-electron chi connectivity index (χ2n) is 6.28. The van der Waals surface area contributed by atoms with Gasteiger partial charge in [0.1, 0.15) is 0 Å². The molecule has 0 saturated heterocycles. The maximum absolute atomic E-state index is 12.3. The topological polar surface area (TPSA) is 43.1 Å². The Morgan fingerprint density at radius 1 is 1.17 bits per heavy atom. The molecule has 0 aliphatic rings. The number of Topliss-reactive ketones (excluding diaryl/α,β-unsaturated/α-hetero) is 1. The van der Waals surface area contributed by atoms with Gasteiger partial charge in [-0.05, 0) is 16.9 Å². The van der Waals surface area contributed by atoms with Crippen LogP contribution in [0, 0.1) is 11.8 Å². The van der Waals surface area contributed by atoms with Crippen LogP contribution in [0.15, 0.2) is 24.3 Å². The van der Waals surface area contributed by atoms with Crippen molar-refractivity contribution in [2.75, 3.05) is 6.54 Å². The van der Waals surface area contributed by atoms with E-state index in [-0.39, 0.29) is 23.0 Å². The summed E-state index contributed by atoms with van der Waals surface area (Å²) in [6, 6.07) is 7.93. The quantitative estimate of drug-likeness (QED) is 0.829. The molecule has 0 amide bonds. The molecule has 0 radical (unpaired) electrons. The van der Waals surface area contributed by atoms with Crippen LogP contribution in [-0.2, 0) is 5.41 Å². The Bertz CT molecular complexity index is 398. The molecule has 0 spiro atoms. The summed E-state index contributed by atoms with van der Waals surface area (Å²) in [7, 11) is 0. The number of nitrogens with two attached hydrogens (primary N) is 1. The Labute approximate surface area is 111 Å². The molecule has 1 rings (SSSR count). The lowest BCUT2D eigenvalue weighted by molar-refractivity contribution is 0.0892. The van der Waals surface area contributed by atoms with Gasteiger partial charge in [0.05, 0.1) is 0 Å². The van der Waals surface area contributed by atoms with Gasteiger partial charge < -0.3 is 5.73 Å². The maximum atomic E-state index is 12.3. The third kappa shape index (κ3) is 3.42. The lowest BCUT2D eigenvalue weighted by atomic mass is 9.84. The second-order valence-corrected chi connectivity index (χ2v) is 6.28. The fraction of sp³-hybridized carbons (Fsp3) is 0.562. The Balaban J connectivity index is 2.95. The molecule has 0 aromatic heterocycles. The van der Waals surface area contributed by atoms with Crippen LogP contribution >= 0.6 is 0 Å². The van der Waals surface area contributed by atoms with E-state index < -0.39 is 0 Å². The van der Waals surface area contributed by atoms with Gasteiger partial charge in [-0.25, -0.2) is 0 Å². The first-order valence-corrected chi connectivity index (χ1v) is 6.62. The Morgan fingerprint density at radius 2 is 1.67 bits per heavy atom. The standard InChI is InChI=1S/C16H25NO/c1-11(2)14(10-17)15(18)12-6-8-13(9-7-12)16(3,4)5/h6-9,11,14H,10,17H2,1-5H3. The van der Waals surface area contributed by atoms with E-state index in [1.54, 1.807) is 0 Å². The van der Waals surface area contributed by atoms with Gasteiger partial charge in [0.2, 0.25) is 0 Å². The summed E-state index contributed by atoms with van der Waals surface area (Å²) in [6.45, 7) is 11.0. The average molecular weight is 247 g/mol. The van der Waals surface area contributed by atoms with Crippen molar-refractivity contribution in [2.45, 2.75) is 40.0 Å². The molecule has 0 saturated carbocycles. The molecule has 0 fully saturated rings. The van der Waals surface area contributed by atoms with E-state index in [1.807, 2.05) is 38.1 Å². The van der Waals surface area contributed by atoms with Gasteiger partial charge in [0, 0.05) is 18.0 Å². The SMILES string of the molecule is CC(C)C(CN)C(=O)c1ccc(C(C)(C)C)cc1. The molecule has 0 bridgehead atoms. The van der Waals surface area contributed by atoms with Crippen LogP contribution in [0.1, 0.15) is 50.5 Å². The molecule has 0 heterocycles. The summed E-state index contributed by atoms with van der Waals surface area (Å²) < 4.78 is 0. The normalized spacial score (nSPS) is 13.7. The lowest BCUT2D eigenvalue weighted by Gasteiger charge is -2.20. The molecule has 1 atom stereocenters. The highest BCUT2D eigenvalue weighted by Crippen LogP contribution is 2.23. The van der Waals surface area contributed by atoms with Crippen LogP contribution in [0.5, 0.6) is 0 Å². The zero-order valence-electron chi connectivity index (χ0n) is 12.2. The molecule has 2 heteroatoms. The smallest absolute Gasteiger partial charge is 0.167 e. The second kappa shape index (κ2) is 5.66. The molecule has 18 heavy (non-hydrogen) atoms. The van der Waals surface area contributed by atoms with Crippen LogP contribution in [0.3, 0.4) is 0 Å². The van der Waals surface area contributed by atoms with Crippen LogP contribution in [0.2, 0.25) is 0 Å². The molecular formula is C16H25NO. The Kier molecular flexibility index (Phi) is 4.69. The number of hydrogen-bond donors (Lipinski definition) is 1. The van der Waals surface area contributed by atoms with Crippen molar-refractivity contribution in [2.24, 2.45) is 17.6 Å². The lowest BCUT2D eigenvalue weighted by Crippen LogP contribution is -2.28. The van der Waals surface area contributed by atoms with Crippen molar-refractivity contribution >= 4 is 5.78 Å². The minimum atomic E-state index is -0.0783. The first-order chi connectivity index (χ1) is 8.27. The minimum absolute atomic E-state index is 0.0783. The highest BCUT2D eigenvalue weighted by Gasteiger charge is 2.22. The number of hydrogen-bond acceptors (Lipinski definition) is 2. The summed E-state index contributed by atoms with van der Waals surface area (Å²) in [4.78, 5) is 12.3. The summed E-state index contributed by atoms with van der Waals surface area (Å²) in [5.41, 5.74) is 7.82. The van der Waals surface area contributed by atoms with Gasteiger partial charge in [0.25, 0.3) is 0 Å². The van der Waals surface area contributed by atoms with Gasteiger partial charge in [-0.2, -0.15) is 0 Å². The predicted molar refractivity (Wildman–Crippen MR) is 76.9 cm³/mol. The number of rotatable bonds is 4. The van der Waals surface area contributed by atoms with Gasteiger partial charge in [-0.3, -0.25) is 4.79 Å². The highest BCUT2D eigenvalue weighted by atomic mass is 16.1. The minimum Gasteiger partial charge on any atom is -0.330 e. The van der Waals surface area contributed by atoms with E-state index in [4.69, 9.17) is 5.73 Å². The monoisotopic (exact) mass is 247 g/mol. The first kappa shape index (κ1) is 14.9. The fourth-order valence-corrected chi connectivity index (χ4v) is 2.03. The molecular weight excluding hydrogens is 222 g/mol. The Morgan fingerprint density at radius 3 is 2.00 bits per heavy atom. The molecule has 2 nitrogen and oxygen atoms in total. The van der Waals surface area contributed by atoms with E-state index in [0.29, 0.717) is 6.54 Å². The summed E-state index contributed by atoms with van der Waals surface area (Å²) >= 11 is 0. The number of ketones is 1. The zero-order valence-corrected chi connectivity index (χ0v) is 12.2. The van der Waals surface area contributed by atoms with E-state index in [9.17, 15) is 4.79 Å². The molecule has 1 unspecified atom stereocenters. The first-order valence-electron chi connectivity index (χ1n) is 6.62. The van der Waals surface area contributed by atoms with Gasteiger partial charge >= 0.3 is 0 Å². The molecule has 100 valence electrons. The zero-order chi connectivity index (χ0) is 13.9. The summed E-state index contributed by atoms with van der Waals surface area (Å²) in [5, 5.41) is 0. The van der Waals surface area contributed by atoms with Crippen LogP contribution in [0.25, 0.3) is 0 Å². The van der Waals surface area contributed by atoms with E-state index >= 15 is 0 Å². The fourth-order valence-electron chi connectivity index (χ4n) is 2.03. The number of carbonyl (C=O) groups excluding carboxylic acids is 1. The highest BCUT2D eigenvalue weighted by molar-refractivity contribution is 5.98. The van der Waals surface area contributed by atoms with Crippen molar-refractivity contribution in [1.29, 1.82) is 0 Å². The van der Waals surface area contributed by atoms with Crippen molar-refractivity contribution in [1.82, 2.24) is 0 Å². The molecule has 2 N–H and O–H groups in total. The summed E-state index contributed by atoms with van der Waals surface area (Å²) in [6.07, 6.45) is 0. The van der Waals surface area contributed by atoms with E-state index in [2.05, 4.69) is 20.8 Å². The van der Waals surface area contributed by atoms with Crippen molar-refractivity contribution in [3.63, 3.8) is 0 Å². The van der Waals surface area contributed by atoms with E-state index in [0.717, 1.165) is 5.56 Å². The predicted octanol–water partition coefficient (Wildman–Crippen LogP) is 3.40. The number of benzene rings is 1. The van der Waals surface area contributed by atoms with Gasteiger partial charge in [0.15, 0.2) is 5.78 Å². The van der Waals surface area contributed by atoms with E-state index in [1.165, 1.54) is 5.56 Å². The average Bonchev–Trinajstić information content (AvgIpc) is 2.28. The van der Waals surface area contributed by atoms with Crippen LogP contribution in [-0.4, -0.2) is 12.3 Å².